The van der Waals surface area contributed by atoms with Gasteiger partial charge in [0.15, 0.2) is 0 Å². The molecular weight excluding hydrogens is 304 g/mol. The third kappa shape index (κ3) is 2.99. The standard InChI is InChI=1S/C19H24N2O3/c1-24-17-5-3-2-4-14(17)15-10-21(19(23)12-6-7-12)11-16(15)18(22)20-13-8-9-13/h2-5,12-13,15-16H,6-11H2,1H3,(H,20,22). The Hall–Kier alpha value is -2.04. The fourth-order valence-corrected chi connectivity index (χ4v) is 3.66. The van der Waals surface area contributed by atoms with Gasteiger partial charge in [-0.05, 0) is 37.3 Å². The van der Waals surface area contributed by atoms with Crippen molar-refractivity contribution in [2.75, 3.05) is 20.2 Å². The Kier molecular flexibility index (Phi) is 3.94. The van der Waals surface area contributed by atoms with Crippen LogP contribution in [-0.4, -0.2) is 43.0 Å². The number of hydrogen-bond acceptors (Lipinski definition) is 3. The number of rotatable bonds is 5. The second-order valence-electron chi connectivity index (χ2n) is 7.26. The molecule has 2 saturated carbocycles. The maximum absolute atomic E-state index is 12.7. The molecule has 5 nitrogen and oxygen atoms in total. The molecule has 2 amide bonds. The number of para-hydroxylation sites is 1. The normalized spacial score (nSPS) is 26.3. The van der Waals surface area contributed by atoms with Gasteiger partial charge in [0.1, 0.15) is 5.75 Å². The molecular formula is C19H24N2O3. The summed E-state index contributed by atoms with van der Waals surface area (Å²) in [6.45, 7) is 1.13. The topological polar surface area (TPSA) is 58.6 Å². The number of amides is 2. The van der Waals surface area contributed by atoms with Gasteiger partial charge in [-0.15, -0.1) is 0 Å². The Labute approximate surface area is 142 Å². The second kappa shape index (κ2) is 6.11. The molecule has 2 atom stereocenters. The van der Waals surface area contributed by atoms with Crippen LogP contribution in [-0.2, 0) is 9.59 Å². The van der Waals surface area contributed by atoms with E-state index in [0.717, 1.165) is 37.0 Å². The first-order chi connectivity index (χ1) is 11.7. The van der Waals surface area contributed by atoms with Crippen LogP contribution in [0.2, 0.25) is 0 Å². The van der Waals surface area contributed by atoms with Crippen molar-refractivity contribution in [3.05, 3.63) is 29.8 Å². The Morgan fingerprint density at radius 1 is 1.12 bits per heavy atom. The molecule has 2 aliphatic carbocycles. The summed E-state index contributed by atoms with van der Waals surface area (Å²) in [5.74, 6) is 1.10. The molecule has 0 spiro atoms. The minimum atomic E-state index is -0.190. The van der Waals surface area contributed by atoms with Gasteiger partial charge in [-0.25, -0.2) is 0 Å². The molecule has 128 valence electrons. The maximum atomic E-state index is 12.7. The molecule has 4 rings (SSSR count). The van der Waals surface area contributed by atoms with Crippen LogP contribution >= 0.6 is 0 Å². The van der Waals surface area contributed by atoms with Crippen molar-refractivity contribution in [1.82, 2.24) is 10.2 Å². The van der Waals surface area contributed by atoms with Crippen molar-refractivity contribution < 1.29 is 14.3 Å². The van der Waals surface area contributed by atoms with Crippen molar-refractivity contribution in [3.8, 4) is 5.75 Å². The first-order valence-corrected chi connectivity index (χ1v) is 8.89. The van der Waals surface area contributed by atoms with Crippen LogP contribution in [0, 0.1) is 11.8 Å². The molecule has 3 fully saturated rings. The number of likely N-dealkylation sites (tertiary alicyclic amines) is 1. The molecule has 24 heavy (non-hydrogen) atoms. The molecule has 5 heteroatoms. The van der Waals surface area contributed by atoms with Crippen LogP contribution in [0.15, 0.2) is 24.3 Å². The highest BCUT2D eigenvalue weighted by Crippen LogP contribution is 2.40. The van der Waals surface area contributed by atoms with E-state index in [1.165, 1.54) is 0 Å². The van der Waals surface area contributed by atoms with E-state index in [0.29, 0.717) is 19.1 Å². The first kappa shape index (κ1) is 15.5. The number of carbonyl (C=O) groups excluding carboxylic acids is 2. The van der Waals surface area contributed by atoms with E-state index in [4.69, 9.17) is 4.74 Å². The SMILES string of the molecule is COc1ccccc1C1CN(C(=O)C2CC2)CC1C(=O)NC1CC1. The molecule has 2 unspecified atom stereocenters. The number of benzene rings is 1. The predicted molar refractivity (Wildman–Crippen MR) is 89.7 cm³/mol. The molecule has 0 radical (unpaired) electrons. The van der Waals surface area contributed by atoms with Crippen LogP contribution in [0.5, 0.6) is 5.75 Å². The van der Waals surface area contributed by atoms with Gasteiger partial charge in [0.2, 0.25) is 11.8 Å². The average Bonchev–Trinajstić information content (AvgIpc) is 3.52. The smallest absolute Gasteiger partial charge is 0.225 e. The zero-order valence-electron chi connectivity index (χ0n) is 14.0. The van der Waals surface area contributed by atoms with Crippen LogP contribution in [0.4, 0.5) is 0 Å². The van der Waals surface area contributed by atoms with E-state index < -0.39 is 0 Å². The Morgan fingerprint density at radius 3 is 2.54 bits per heavy atom. The van der Waals surface area contributed by atoms with Crippen LogP contribution in [0.3, 0.4) is 0 Å². The lowest BCUT2D eigenvalue weighted by atomic mass is 9.87. The molecule has 1 aromatic rings. The third-order valence-electron chi connectivity index (χ3n) is 5.36. The highest BCUT2D eigenvalue weighted by molar-refractivity contribution is 5.85. The van der Waals surface area contributed by atoms with Gasteiger partial charge in [0, 0.05) is 31.0 Å². The van der Waals surface area contributed by atoms with E-state index in [1.54, 1.807) is 7.11 Å². The molecule has 1 saturated heterocycles. The van der Waals surface area contributed by atoms with E-state index in [2.05, 4.69) is 5.32 Å². The lowest BCUT2D eigenvalue weighted by Crippen LogP contribution is -2.37. The van der Waals surface area contributed by atoms with Crippen LogP contribution in [0.25, 0.3) is 0 Å². The summed E-state index contributed by atoms with van der Waals surface area (Å²) in [7, 11) is 1.65. The number of carbonyl (C=O) groups is 2. The third-order valence-corrected chi connectivity index (χ3v) is 5.36. The van der Waals surface area contributed by atoms with Crippen molar-refractivity contribution in [3.63, 3.8) is 0 Å². The van der Waals surface area contributed by atoms with Crippen molar-refractivity contribution in [2.24, 2.45) is 11.8 Å². The lowest BCUT2D eigenvalue weighted by molar-refractivity contribution is -0.132. The van der Waals surface area contributed by atoms with Crippen LogP contribution in [0.1, 0.15) is 37.2 Å². The number of methoxy groups -OCH3 is 1. The molecule has 3 aliphatic rings. The van der Waals surface area contributed by atoms with Gasteiger partial charge in [0.25, 0.3) is 0 Å². The molecule has 1 aromatic carbocycles. The largest absolute Gasteiger partial charge is 0.496 e. The average molecular weight is 328 g/mol. The van der Waals surface area contributed by atoms with Gasteiger partial charge < -0.3 is 15.0 Å². The van der Waals surface area contributed by atoms with E-state index in [1.807, 2.05) is 29.2 Å². The van der Waals surface area contributed by atoms with Gasteiger partial charge in [-0.1, -0.05) is 18.2 Å². The number of ether oxygens (including phenoxy) is 1. The van der Waals surface area contributed by atoms with Crippen molar-refractivity contribution in [2.45, 2.75) is 37.6 Å². The summed E-state index contributed by atoms with van der Waals surface area (Å²) < 4.78 is 5.50. The Morgan fingerprint density at radius 2 is 1.88 bits per heavy atom. The molecule has 1 heterocycles. The van der Waals surface area contributed by atoms with Gasteiger partial charge in [0.05, 0.1) is 13.0 Å². The summed E-state index contributed by atoms with van der Waals surface area (Å²) in [4.78, 5) is 27.1. The Bertz CT molecular complexity index is 652. The Balaban J connectivity index is 1.59. The molecule has 0 bridgehead atoms. The fourth-order valence-electron chi connectivity index (χ4n) is 3.66. The van der Waals surface area contributed by atoms with Gasteiger partial charge in [-0.2, -0.15) is 0 Å². The van der Waals surface area contributed by atoms with Gasteiger partial charge >= 0.3 is 0 Å². The fraction of sp³-hybridized carbons (Fsp3) is 0.579. The van der Waals surface area contributed by atoms with E-state index >= 15 is 0 Å². The highest BCUT2D eigenvalue weighted by atomic mass is 16.5. The molecule has 0 aromatic heterocycles. The minimum absolute atomic E-state index is 0.00241. The summed E-state index contributed by atoms with van der Waals surface area (Å²) >= 11 is 0. The quantitative estimate of drug-likeness (QED) is 0.898. The summed E-state index contributed by atoms with van der Waals surface area (Å²) in [6.07, 6.45) is 4.13. The zero-order chi connectivity index (χ0) is 16.7. The van der Waals surface area contributed by atoms with E-state index in [9.17, 15) is 9.59 Å². The number of nitrogens with one attached hydrogen (secondary N) is 1. The minimum Gasteiger partial charge on any atom is -0.496 e. The lowest BCUT2D eigenvalue weighted by Gasteiger charge is -2.20. The van der Waals surface area contributed by atoms with Crippen LogP contribution < -0.4 is 10.1 Å². The molecule has 1 N–H and O–H groups in total. The number of nitrogens with zero attached hydrogens (tertiary/aromatic N) is 1. The van der Waals surface area contributed by atoms with Crippen molar-refractivity contribution >= 4 is 11.8 Å². The monoisotopic (exact) mass is 328 g/mol. The summed E-state index contributed by atoms with van der Waals surface area (Å²) in [5, 5.41) is 3.12. The summed E-state index contributed by atoms with van der Waals surface area (Å²) in [6, 6.07) is 8.19. The highest BCUT2D eigenvalue weighted by Gasteiger charge is 2.45. The number of hydrogen-bond donors (Lipinski definition) is 1. The van der Waals surface area contributed by atoms with Crippen molar-refractivity contribution in [1.29, 1.82) is 0 Å². The summed E-state index contributed by atoms with van der Waals surface area (Å²) in [5.41, 5.74) is 1.03. The first-order valence-electron chi connectivity index (χ1n) is 8.89. The maximum Gasteiger partial charge on any atom is 0.225 e. The molecule has 1 aliphatic heterocycles. The second-order valence-corrected chi connectivity index (χ2v) is 7.26. The predicted octanol–water partition coefficient (Wildman–Crippen LogP) is 1.93. The van der Waals surface area contributed by atoms with E-state index in [-0.39, 0.29) is 29.6 Å². The van der Waals surface area contributed by atoms with Gasteiger partial charge in [-0.3, -0.25) is 9.59 Å². The zero-order valence-corrected chi connectivity index (χ0v) is 14.0.